The zero-order valence-electron chi connectivity index (χ0n) is 15.5. The van der Waals surface area contributed by atoms with Gasteiger partial charge in [0.05, 0.1) is 17.6 Å². The molecule has 0 atom stereocenters. The lowest BCUT2D eigenvalue weighted by molar-refractivity contribution is 0.203. The minimum absolute atomic E-state index is 0.340. The second-order valence-corrected chi connectivity index (χ2v) is 6.82. The first-order valence-corrected chi connectivity index (χ1v) is 8.86. The van der Waals surface area contributed by atoms with E-state index in [-0.39, 0.29) is 0 Å². The van der Waals surface area contributed by atoms with E-state index in [1.807, 2.05) is 25.1 Å². The average molecular weight is 377 g/mol. The number of aryl methyl sites for hydroxylation is 1. The van der Waals surface area contributed by atoms with E-state index in [1.165, 1.54) is 22.7 Å². The first kappa shape index (κ1) is 17.6. The summed E-state index contributed by atoms with van der Waals surface area (Å²) in [6.45, 7) is 1.85. The van der Waals surface area contributed by atoms with Crippen molar-refractivity contribution >= 4 is 34.6 Å². The van der Waals surface area contributed by atoms with Crippen LogP contribution in [0.4, 0.5) is 27.7 Å². The van der Waals surface area contributed by atoms with Crippen LogP contribution < -0.4 is 15.5 Å². The van der Waals surface area contributed by atoms with E-state index in [9.17, 15) is 15.2 Å². The second-order valence-electron chi connectivity index (χ2n) is 6.82. The predicted octanol–water partition coefficient (Wildman–Crippen LogP) is 3.34. The van der Waals surface area contributed by atoms with E-state index in [0.29, 0.717) is 34.6 Å². The van der Waals surface area contributed by atoms with Crippen molar-refractivity contribution in [3.8, 4) is 6.07 Å². The number of imidazole rings is 1. The van der Waals surface area contributed by atoms with Gasteiger partial charge in [0.2, 0.25) is 0 Å². The summed E-state index contributed by atoms with van der Waals surface area (Å²) in [5.41, 5.74) is 3.86. The minimum atomic E-state index is -1.03. The van der Waals surface area contributed by atoms with E-state index in [4.69, 9.17) is 0 Å². The number of hydrogen-bond acceptors (Lipinski definition) is 6. The molecule has 2 heterocycles. The molecule has 0 aliphatic heterocycles. The summed E-state index contributed by atoms with van der Waals surface area (Å²) in [6, 6.07) is 9.81. The lowest BCUT2D eigenvalue weighted by Gasteiger charge is -2.18. The first-order valence-electron chi connectivity index (χ1n) is 8.86. The third-order valence-corrected chi connectivity index (χ3v) is 4.65. The molecular formula is C19H19N7O2. The van der Waals surface area contributed by atoms with Crippen molar-refractivity contribution in [2.75, 3.05) is 22.6 Å². The van der Waals surface area contributed by atoms with E-state index in [2.05, 4.69) is 26.8 Å². The summed E-state index contributed by atoms with van der Waals surface area (Å²) < 4.78 is 1.51. The molecule has 28 heavy (non-hydrogen) atoms. The maximum atomic E-state index is 11.3. The summed E-state index contributed by atoms with van der Waals surface area (Å²) in [4.78, 5) is 16.8. The van der Waals surface area contributed by atoms with Crippen molar-refractivity contribution in [3.05, 3.63) is 41.7 Å². The highest BCUT2D eigenvalue weighted by Crippen LogP contribution is 2.30. The van der Waals surface area contributed by atoms with Gasteiger partial charge in [-0.05, 0) is 37.5 Å². The number of carboxylic acid groups (broad SMARTS) is 1. The van der Waals surface area contributed by atoms with Crippen molar-refractivity contribution in [1.82, 2.24) is 14.6 Å². The van der Waals surface area contributed by atoms with Crippen molar-refractivity contribution in [3.63, 3.8) is 0 Å². The lowest BCUT2D eigenvalue weighted by Crippen LogP contribution is -2.24. The van der Waals surface area contributed by atoms with Crippen molar-refractivity contribution < 1.29 is 9.90 Å². The van der Waals surface area contributed by atoms with Crippen LogP contribution >= 0.6 is 0 Å². The quantitative estimate of drug-likeness (QED) is 0.624. The van der Waals surface area contributed by atoms with E-state index < -0.39 is 6.09 Å². The van der Waals surface area contributed by atoms with Crippen LogP contribution in [-0.4, -0.2) is 38.9 Å². The summed E-state index contributed by atoms with van der Waals surface area (Å²) in [7, 11) is 1.50. The molecule has 0 unspecified atom stereocenters. The molecule has 3 N–H and O–H groups in total. The number of carbonyl (C=O) groups is 1. The maximum Gasteiger partial charge on any atom is 0.411 e. The van der Waals surface area contributed by atoms with Crippen LogP contribution in [-0.2, 0) is 0 Å². The Labute approximate surface area is 161 Å². The Hall–Kier alpha value is -3.80. The molecule has 1 aliphatic carbocycles. The molecule has 1 aliphatic rings. The predicted molar refractivity (Wildman–Crippen MR) is 105 cm³/mol. The van der Waals surface area contributed by atoms with Crippen molar-refractivity contribution in [2.24, 2.45) is 0 Å². The Kier molecular flexibility index (Phi) is 4.24. The molecule has 1 aromatic carbocycles. The number of amides is 1. The zero-order valence-corrected chi connectivity index (χ0v) is 15.5. The molecule has 1 saturated carbocycles. The topological polar surface area (TPSA) is 119 Å². The van der Waals surface area contributed by atoms with Crippen LogP contribution in [0.3, 0.4) is 0 Å². The average Bonchev–Trinajstić information content (AvgIpc) is 3.39. The van der Waals surface area contributed by atoms with Gasteiger partial charge in [-0.1, -0.05) is 6.07 Å². The minimum Gasteiger partial charge on any atom is -0.465 e. The standard InChI is InChI=1S/C19H19N7O2/c1-11-3-4-13(7-16(11)25(2)19(27)28)23-17-8-15(22-12-5-6-12)18-21-10-14(9-20)26(18)24-17/h3-4,7-8,10,12,22H,5-6H2,1-2H3,(H,23,24)(H,27,28). The van der Waals surface area contributed by atoms with E-state index in [0.717, 1.165) is 24.1 Å². The fraction of sp³-hybridized carbons (Fsp3) is 0.263. The Bertz CT molecular complexity index is 1110. The molecule has 4 rings (SSSR count). The second kappa shape index (κ2) is 6.74. The number of aromatic nitrogens is 3. The van der Waals surface area contributed by atoms with Gasteiger partial charge in [-0.3, -0.25) is 4.90 Å². The summed E-state index contributed by atoms with van der Waals surface area (Å²) in [5.74, 6) is 0.526. The molecule has 142 valence electrons. The number of anilines is 4. The van der Waals surface area contributed by atoms with Gasteiger partial charge in [-0.25, -0.2) is 9.78 Å². The van der Waals surface area contributed by atoms with Gasteiger partial charge in [0.1, 0.15) is 6.07 Å². The maximum absolute atomic E-state index is 11.3. The molecular weight excluding hydrogens is 358 g/mol. The van der Waals surface area contributed by atoms with Crippen molar-refractivity contribution in [2.45, 2.75) is 25.8 Å². The fourth-order valence-electron chi connectivity index (χ4n) is 2.96. The Morgan fingerprint density at radius 1 is 1.39 bits per heavy atom. The van der Waals surface area contributed by atoms with Gasteiger partial charge in [-0.15, -0.1) is 5.10 Å². The monoisotopic (exact) mass is 377 g/mol. The number of rotatable bonds is 5. The summed E-state index contributed by atoms with van der Waals surface area (Å²) >= 11 is 0. The Morgan fingerprint density at radius 3 is 2.86 bits per heavy atom. The number of nitrogens with zero attached hydrogens (tertiary/aromatic N) is 5. The fourth-order valence-corrected chi connectivity index (χ4v) is 2.96. The molecule has 0 spiro atoms. The number of nitriles is 1. The third-order valence-electron chi connectivity index (χ3n) is 4.65. The summed E-state index contributed by atoms with van der Waals surface area (Å²) in [6.07, 6.45) is 2.67. The van der Waals surface area contributed by atoms with Crippen molar-refractivity contribution in [1.29, 1.82) is 5.26 Å². The smallest absolute Gasteiger partial charge is 0.411 e. The largest absolute Gasteiger partial charge is 0.465 e. The molecule has 3 aromatic rings. The van der Waals surface area contributed by atoms with Crippen LogP contribution in [0, 0.1) is 18.3 Å². The zero-order chi connectivity index (χ0) is 19.8. The molecule has 2 aromatic heterocycles. The van der Waals surface area contributed by atoms with Gasteiger partial charge < -0.3 is 15.7 Å². The lowest BCUT2D eigenvalue weighted by atomic mass is 10.1. The number of hydrogen-bond donors (Lipinski definition) is 3. The highest BCUT2D eigenvalue weighted by molar-refractivity contribution is 5.87. The molecule has 0 radical (unpaired) electrons. The van der Waals surface area contributed by atoms with Crippen LogP contribution in [0.5, 0.6) is 0 Å². The van der Waals surface area contributed by atoms with Crippen LogP contribution in [0.2, 0.25) is 0 Å². The SMILES string of the molecule is Cc1ccc(Nc2cc(NC3CC3)c3ncc(C#N)n3n2)cc1N(C)C(=O)O. The molecule has 0 saturated heterocycles. The first-order chi connectivity index (χ1) is 13.5. The number of nitrogens with one attached hydrogen (secondary N) is 2. The van der Waals surface area contributed by atoms with Gasteiger partial charge >= 0.3 is 6.09 Å². The van der Waals surface area contributed by atoms with E-state index in [1.54, 1.807) is 6.07 Å². The number of benzene rings is 1. The Balaban J connectivity index is 1.72. The molecule has 0 bridgehead atoms. The van der Waals surface area contributed by atoms with Gasteiger partial charge in [0.15, 0.2) is 17.2 Å². The summed E-state index contributed by atoms with van der Waals surface area (Å²) in [5, 5.41) is 29.7. The molecule has 9 nitrogen and oxygen atoms in total. The van der Waals surface area contributed by atoms with E-state index >= 15 is 0 Å². The molecule has 1 amide bonds. The van der Waals surface area contributed by atoms with Crippen LogP contribution in [0.1, 0.15) is 24.1 Å². The molecule has 1 fully saturated rings. The van der Waals surface area contributed by atoms with Crippen LogP contribution in [0.15, 0.2) is 30.5 Å². The third kappa shape index (κ3) is 3.27. The van der Waals surface area contributed by atoms with Gasteiger partial charge in [0, 0.05) is 24.8 Å². The van der Waals surface area contributed by atoms with Gasteiger partial charge in [-0.2, -0.15) is 9.78 Å². The normalized spacial score (nSPS) is 13.2. The molecule has 9 heteroatoms. The highest BCUT2D eigenvalue weighted by atomic mass is 16.4. The van der Waals surface area contributed by atoms with Gasteiger partial charge in [0.25, 0.3) is 0 Å². The number of fused-ring (bicyclic) bond motifs is 1. The highest BCUT2D eigenvalue weighted by Gasteiger charge is 2.23. The van der Waals surface area contributed by atoms with Crippen LogP contribution in [0.25, 0.3) is 5.65 Å². The Morgan fingerprint density at radius 2 is 2.18 bits per heavy atom.